The van der Waals surface area contributed by atoms with Gasteiger partial charge in [-0.25, -0.2) is 0 Å². The number of primary amides is 1. The van der Waals surface area contributed by atoms with E-state index in [9.17, 15) is 4.79 Å². The van der Waals surface area contributed by atoms with Crippen LogP contribution < -0.4 is 11.1 Å². The molecular weight excluding hydrogens is 216 g/mol. The lowest BCUT2D eigenvalue weighted by Crippen LogP contribution is -2.51. The summed E-state index contributed by atoms with van der Waals surface area (Å²) in [5, 5.41) is 3.25. The van der Waals surface area contributed by atoms with Crippen LogP contribution in [0.4, 0.5) is 0 Å². The molecule has 1 aliphatic rings. The summed E-state index contributed by atoms with van der Waals surface area (Å²) in [4.78, 5) is 19.7. The van der Waals surface area contributed by atoms with Gasteiger partial charge in [0.15, 0.2) is 0 Å². The van der Waals surface area contributed by atoms with Crippen molar-refractivity contribution in [3.05, 3.63) is 24.3 Å². The third-order valence-corrected chi connectivity index (χ3v) is 3.37. The Bertz CT molecular complexity index is 373. The first-order chi connectivity index (χ1) is 8.23. The molecule has 0 bridgehead atoms. The number of aryl methyl sites for hydroxylation is 1. The molecule has 1 aromatic rings. The number of amides is 1. The number of nitrogens with zero attached hydrogens (tertiary/aromatic N) is 2. The third-order valence-electron chi connectivity index (χ3n) is 3.37. The smallest absolute Gasteiger partial charge is 0.237 e. The maximum Gasteiger partial charge on any atom is 0.237 e. The highest BCUT2D eigenvalue weighted by atomic mass is 16.1. The van der Waals surface area contributed by atoms with Gasteiger partial charge in [0.2, 0.25) is 5.91 Å². The minimum absolute atomic E-state index is 0.228. The lowest BCUT2D eigenvalue weighted by molar-refractivity contribution is -0.124. The van der Waals surface area contributed by atoms with E-state index in [0.717, 1.165) is 44.3 Å². The predicted molar refractivity (Wildman–Crippen MR) is 64.1 cm³/mol. The van der Waals surface area contributed by atoms with E-state index in [0.29, 0.717) is 0 Å². The van der Waals surface area contributed by atoms with E-state index >= 15 is 0 Å². The number of hydrogen-bond donors (Lipinski definition) is 2. The molecule has 1 amide bonds. The van der Waals surface area contributed by atoms with E-state index in [1.165, 1.54) is 0 Å². The van der Waals surface area contributed by atoms with E-state index in [2.05, 4.69) is 15.3 Å². The highest BCUT2D eigenvalue weighted by Crippen LogP contribution is 2.24. The van der Waals surface area contributed by atoms with Crippen molar-refractivity contribution in [3.8, 4) is 0 Å². The molecule has 3 N–H and O–H groups in total. The van der Waals surface area contributed by atoms with Crippen LogP contribution in [0.2, 0.25) is 0 Å². The lowest BCUT2D eigenvalue weighted by atomic mass is 9.90. The van der Waals surface area contributed by atoms with Gasteiger partial charge < -0.3 is 11.1 Å². The maximum absolute atomic E-state index is 11.5. The minimum atomic E-state index is -0.484. The van der Waals surface area contributed by atoms with Gasteiger partial charge in [-0.05, 0) is 38.6 Å². The molecule has 17 heavy (non-hydrogen) atoms. The molecule has 5 nitrogen and oxygen atoms in total. The molecule has 92 valence electrons. The van der Waals surface area contributed by atoms with Gasteiger partial charge in [-0.3, -0.25) is 14.8 Å². The third kappa shape index (κ3) is 2.79. The Hall–Kier alpha value is -1.49. The molecule has 2 rings (SSSR count). The van der Waals surface area contributed by atoms with Crippen LogP contribution in [0.5, 0.6) is 0 Å². The highest BCUT2D eigenvalue weighted by Gasteiger charge is 2.38. The topological polar surface area (TPSA) is 80.9 Å². The van der Waals surface area contributed by atoms with Crippen molar-refractivity contribution in [2.75, 3.05) is 6.54 Å². The van der Waals surface area contributed by atoms with Crippen molar-refractivity contribution >= 4 is 5.91 Å². The molecule has 5 heteroatoms. The van der Waals surface area contributed by atoms with Crippen LogP contribution in [0.25, 0.3) is 0 Å². The Morgan fingerprint density at radius 3 is 3.00 bits per heavy atom. The van der Waals surface area contributed by atoms with E-state index in [1.54, 1.807) is 18.6 Å². The number of aromatic nitrogens is 2. The minimum Gasteiger partial charge on any atom is -0.368 e. The summed E-state index contributed by atoms with van der Waals surface area (Å²) in [6.45, 7) is 0.883. The fourth-order valence-electron chi connectivity index (χ4n) is 2.38. The van der Waals surface area contributed by atoms with Gasteiger partial charge in [0, 0.05) is 18.6 Å². The second kappa shape index (κ2) is 5.23. The molecule has 1 saturated heterocycles. The first-order valence-electron chi connectivity index (χ1n) is 6.03. The Labute approximate surface area is 101 Å². The monoisotopic (exact) mass is 234 g/mol. The number of nitrogens with one attached hydrogen (secondary N) is 1. The Kier molecular flexibility index (Phi) is 3.68. The molecule has 2 heterocycles. The molecule has 0 radical (unpaired) electrons. The first-order valence-corrected chi connectivity index (χ1v) is 6.03. The summed E-state index contributed by atoms with van der Waals surface area (Å²) in [6.07, 6.45) is 9.49. The number of hydrogen-bond acceptors (Lipinski definition) is 4. The number of nitrogens with two attached hydrogens (primary N) is 1. The number of carbonyl (C=O) groups is 1. The standard InChI is InChI=1S/C12H18N4O/c13-11(17)12(5-2-6-16-12)4-1-3-10-9-14-7-8-15-10/h7-9,16H,1-6H2,(H2,13,17)/t12-/m1/s1. The Balaban J connectivity index is 1.87. The van der Waals surface area contributed by atoms with Gasteiger partial charge in [-0.1, -0.05) is 0 Å². The Morgan fingerprint density at radius 1 is 1.53 bits per heavy atom. The lowest BCUT2D eigenvalue weighted by Gasteiger charge is -2.25. The SMILES string of the molecule is NC(=O)[C@@]1(CCCc2cnccn2)CCCN1. The van der Waals surface area contributed by atoms with Gasteiger partial charge in [0.05, 0.1) is 11.2 Å². The highest BCUT2D eigenvalue weighted by molar-refractivity contribution is 5.85. The molecule has 0 aliphatic carbocycles. The second-order valence-electron chi connectivity index (χ2n) is 4.53. The summed E-state index contributed by atoms with van der Waals surface area (Å²) in [5.74, 6) is -0.228. The molecule has 0 spiro atoms. The van der Waals surface area contributed by atoms with Gasteiger partial charge in [-0.15, -0.1) is 0 Å². The fourth-order valence-corrected chi connectivity index (χ4v) is 2.38. The van der Waals surface area contributed by atoms with Crippen molar-refractivity contribution < 1.29 is 4.79 Å². The zero-order valence-electron chi connectivity index (χ0n) is 9.85. The van der Waals surface area contributed by atoms with Crippen molar-refractivity contribution in [2.45, 2.75) is 37.6 Å². The molecule has 1 aromatic heterocycles. The second-order valence-corrected chi connectivity index (χ2v) is 4.53. The van der Waals surface area contributed by atoms with Gasteiger partial charge in [0.25, 0.3) is 0 Å². The molecule has 0 saturated carbocycles. The number of carbonyl (C=O) groups excluding carboxylic acids is 1. The molecule has 1 atom stereocenters. The summed E-state index contributed by atoms with van der Waals surface area (Å²) in [7, 11) is 0. The zero-order chi connectivity index (χ0) is 12.1. The van der Waals surface area contributed by atoms with E-state index in [1.807, 2.05) is 0 Å². The average Bonchev–Trinajstić information content (AvgIpc) is 2.80. The predicted octanol–water partition coefficient (Wildman–Crippen LogP) is 0.407. The van der Waals surface area contributed by atoms with Crippen molar-refractivity contribution in [2.24, 2.45) is 5.73 Å². The number of rotatable bonds is 5. The van der Waals surface area contributed by atoms with Crippen LogP contribution >= 0.6 is 0 Å². The van der Waals surface area contributed by atoms with Crippen molar-refractivity contribution in [1.29, 1.82) is 0 Å². The van der Waals surface area contributed by atoms with Gasteiger partial charge >= 0.3 is 0 Å². The van der Waals surface area contributed by atoms with Crippen LogP contribution in [0, 0.1) is 0 Å². The van der Waals surface area contributed by atoms with Gasteiger partial charge in [0.1, 0.15) is 0 Å². The van der Waals surface area contributed by atoms with E-state index in [4.69, 9.17) is 5.73 Å². The first kappa shape index (κ1) is 12.0. The van der Waals surface area contributed by atoms with Crippen LogP contribution in [0.15, 0.2) is 18.6 Å². The van der Waals surface area contributed by atoms with Crippen LogP contribution in [0.3, 0.4) is 0 Å². The average molecular weight is 234 g/mol. The molecule has 1 aliphatic heterocycles. The van der Waals surface area contributed by atoms with E-state index < -0.39 is 5.54 Å². The van der Waals surface area contributed by atoms with Crippen molar-refractivity contribution in [3.63, 3.8) is 0 Å². The van der Waals surface area contributed by atoms with Crippen LogP contribution in [-0.4, -0.2) is 28.0 Å². The summed E-state index contributed by atoms with van der Waals surface area (Å²) >= 11 is 0. The summed E-state index contributed by atoms with van der Waals surface area (Å²) < 4.78 is 0. The largest absolute Gasteiger partial charge is 0.368 e. The van der Waals surface area contributed by atoms with E-state index in [-0.39, 0.29) is 5.91 Å². The zero-order valence-corrected chi connectivity index (χ0v) is 9.85. The normalized spacial score (nSPS) is 23.8. The van der Waals surface area contributed by atoms with Gasteiger partial charge in [-0.2, -0.15) is 0 Å². The Morgan fingerprint density at radius 2 is 2.41 bits per heavy atom. The quantitative estimate of drug-likeness (QED) is 0.773. The summed E-state index contributed by atoms with van der Waals surface area (Å²) in [6, 6.07) is 0. The van der Waals surface area contributed by atoms with Crippen molar-refractivity contribution in [1.82, 2.24) is 15.3 Å². The summed E-state index contributed by atoms with van der Waals surface area (Å²) in [5.41, 5.74) is 5.96. The molecular formula is C12H18N4O. The maximum atomic E-state index is 11.5. The molecule has 0 aromatic carbocycles. The van der Waals surface area contributed by atoms with Crippen LogP contribution in [0.1, 0.15) is 31.4 Å². The molecule has 1 fully saturated rings. The fraction of sp³-hybridized carbons (Fsp3) is 0.583. The molecule has 0 unspecified atom stereocenters. The van der Waals surface area contributed by atoms with Crippen LogP contribution in [-0.2, 0) is 11.2 Å².